The number of fused-ring (bicyclic) bond motifs is 1. The van der Waals surface area contributed by atoms with E-state index in [1.165, 1.54) is 32.4 Å². The van der Waals surface area contributed by atoms with Crippen LogP contribution in [0.2, 0.25) is 0 Å². The first-order valence-electron chi connectivity index (χ1n) is 13.9. The summed E-state index contributed by atoms with van der Waals surface area (Å²) in [4.78, 5) is 13.4. The Hall–Kier alpha value is -3.75. The van der Waals surface area contributed by atoms with Crippen LogP contribution in [0.4, 0.5) is 0 Å². The molecule has 0 saturated carbocycles. The van der Waals surface area contributed by atoms with Crippen LogP contribution in [0.25, 0.3) is 22.1 Å². The molecule has 252 valence electrons. The minimum atomic E-state index is -1.82. The second-order valence-electron chi connectivity index (χ2n) is 10.7. The van der Waals surface area contributed by atoms with Crippen LogP contribution in [-0.4, -0.2) is 135 Å². The summed E-state index contributed by atoms with van der Waals surface area (Å²) in [6.07, 6.45) is -15.2. The molecule has 2 fully saturated rings. The van der Waals surface area contributed by atoms with Crippen molar-refractivity contribution < 1.29 is 78.8 Å². The van der Waals surface area contributed by atoms with E-state index in [0.717, 1.165) is 12.3 Å². The number of phenolic OH excluding ortho intramolecular Hbond substituents is 2. The minimum Gasteiger partial charge on any atom is -0.504 e. The third-order valence-electron chi connectivity index (χ3n) is 7.84. The highest BCUT2D eigenvalue weighted by molar-refractivity contribution is 5.91. The predicted octanol–water partition coefficient (Wildman–Crippen LogP) is -2.11. The van der Waals surface area contributed by atoms with Gasteiger partial charge in [-0.05, 0) is 17.7 Å². The van der Waals surface area contributed by atoms with Crippen molar-refractivity contribution >= 4 is 11.0 Å². The van der Waals surface area contributed by atoms with E-state index >= 15 is 0 Å². The number of aliphatic hydroxyl groups is 7. The zero-order valence-corrected chi connectivity index (χ0v) is 24.4. The molecular weight excluding hydrogens is 620 g/mol. The van der Waals surface area contributed by atoms with Crippen molar-refractivity contribution in [3.05, 3.63) is 40.8 Å². The minimum absolute atomic E-state index is 0.0184. The van der Waals surface area contributed by atoms with E-state index in [1.807, 2.05) is 0 Å². The lowest BCUT2D eigenvalue weighted by Crippen LogP contribution is -2.62. The Bertz CT molecular complexity index is 1590. The van der Waals surface area contributed by atoms with Gasteiger partial charge in [-0.25, -0.2) is 0 Å². The second kappa shape index (κ2) is 13.5. The Balaban J connectivity index is 1.34. The molecule has 9 N–H and O–H groups in total. The fourth-order valence-electron chi connectivity index (χ4n) is 5.23. The summed E-state index contributed by atoms with van der Waals surface area (Å²) in [5.74, 6) is -1.35. The molecule has 0 aliphatic carbocycles. The van der Waals surface area contributed by atoms with Crippen molar-refractivity contribution in [3.63, 3.8) is 0 Å². The molecule has 2 aliphatic rings. The highest BCUT2D eigenvalue weighted by Gasteiger charge is 2.48. The summed E-state index contributed by atoms with van der Waals surface area (Å²) in [7, 11) is 2.57. The molecule has 10 atom stereocenters. The SMILES string of the molecule is COc1cc2occ(-c3ccc(O[C@@H]4O[C@@H](CO[C@@H]5O[C@@H](CO)[C@@H](O)[C@@H](O)[C@H]5O)[C@@H](O)[C@@H](O)[C@@H]4O)c(O)c3)c(=O)c2c(OC)c1O. The maximum atomic E-state index is 13.4. The van der Waals surface area contributed by atoms with Crippen molar-refractivity contribution in [2.24, 2.45) is 0 Å². The average molecular weight is 655 g/mol. The Morgan fingerprint density at radius 1 is 0.783 bits per heavy atom. The van der Waals surface area contributed by atoms with Gasteiger partial charge in [0.2, 0.25) is 17.5 Å². The molecule has 3 heterocycles. The van der Waals surface area contributed by atoms with Gasteiger partial charge in [0.25, 0.3) is 0 Å². The summed E-state index contributed by atoms with van der Waals surface area (Å²) in [6, 6.07) is 5.09. The number of phenols is 2. The monoisotopic (exact) mass is 654 g/mol. The van der Waals surface area contributed by atoms with Gasteiger partial charge in [-0.2, -0.15) is 0 Å². The fourth-order valence-corrected chi connectivity index (χ4v) is 5.23. The van der Waals surface area contributed by atoms with Gasteiger partial charge in [0, 0.05) is 6.07 Å². The number of hydrogen-bond acceptors (Lipinski definition) is 17. The maximum Gasteiger partial charge on any atom is 0.229 e. The van der Waals surface area contributed by atoms with E-state index in [4.69, 9.17) is 32.8 Å². The van der Waals surface area contributed by atoms with Gasteiger partial charge in [0.05, 0.1) is 33.0 Å². The molecule has 2 aromatic carbocycles. The molecule has 46 heavy (non-hydrogen) atoms. The van der Waals surface area contributed by atoms with Crippen LogP contribution in [0.3, 0.4) is 0 Å². The number of methoxy groups -OCH3 is 2. The molecule has 0 amide bonds. The lowest BCUT2D eigenvalue weighted by molar-refractivity contribution is -0.323. The highest BCUT2D eigenvalue weighted by Crippen LogP contribution is 2.42. The maximum absolute atomic E-state index is 13.4. The highest BCUT2D eigenvalue weighted by atomic mass is 16.7. The van der Waals surface area contributed by atoms with Crippen LogP contribution in [0.1, 0.15) is 0 Å². The van der Waals surface area contributed by atoms with Crippen molar-refractivity contribution in [3.8, 4) is 39.9 Å². The molecule has 5 rings (SSSR count). The summed E-state index contributed by atoms with van der Waals surface area (Å²) < 4.78 is 37.7. The molecular formula is C29H34O17. The first kappa shape index (κ1) is 33.6. The van der Waals surface area contributed by atoms with Crippen LogP contribution in [0.15, 0.2) is 39.7 Å². The molecule has 0 unspecified atom stereocenters. The number of aromatic hydroxyl groups is 2. The number of aliphatic hydroxyl groups excluding tert-OH is 7. The Labute approximate surface area is 259 Å². The van der Waals surface area contributed by atoms with Gasteiger partial charge in [0.15, 0.2) is 29.3 Å². The van der Waals surface area contributed by atoms with E-state index in [-0.39, 0.29) is 39.3 Å². The van der Waals surface area contributed by atoms with Crippen LogP contribution in [-0.2, 0) is 14.2 Å². The van der Waals surface area contributed by atoms with Crippen molar-refractivity contribution in [1.29, 1.82) is 0 Å². The van der Waals surface area contributed by atoms with Crippen molar-refractivity contribution in [2.75, 3.05) is 27.4 Å². The topological polar surface area (TPSA) is 268 Å². The van der Waals surface area contributed by atoms with E-state index in [9.17, 15) is 50.8 Å². The smallest absolute Gasteiger partial charge is 0.229 e. The number of benzene rings is 2. The van der Waals surface area contributed by atoms with E-state index < -0.39 is 91.6 Å². The van der Waals surface area contributed by atoms with Gasteiger partial charge in [-0.15, -0.1) is 0 Å². The van der Waals surface area contributed by atoms with E-state index in [1.54, 1.807) is 0 Å². The lowest BCUT2D eigenvalue weighted by Gasteiger charge is -2.42. The summed E-state index contributed by atoms with van der Waals surface area (Å²) in [5, 5.41) is 91.9. The number of ether oxygens (including phenoxy) is 6. The van der Waals surface area contributed by atoms with Crippen molar-refractivity contribution in [2.45, 2.75) is 61.4 Å². The first-order valence-corrected chi connectivity index (χ1v) is 13.9. The Morgan fingerprint density at radius 3 is 2.07 bits per heavy atom. The molecule has 0 bridgehead atoms. The second-order valence-corrected chi connectivity index (χ2v) is 10.7. The molecule has 17 heteroatoms. The molecule has 2 aliphatic heterocycles. The molecule has 2 saturated heterocycles. The van der Waals surface area contributed by atoms with E-state index in [2.05, 4.69) is 0 Å². The van der Waals surface area contributed by atoms with Crippen LogP contribution in [0.5, 0.6) is 28.7 Å². The average Bonchev–Trinajstić information content (AvgIpc) is 3.05. The zero-order chi connectivity index (χ0) is 33.4. The number of hydrogen-bond donors (Lipinski definition) is 9. The lowest BCUT2D eigenvalue weighted by atomic mass is 9.98. The van der Waals surface area contributed by atoms with Gasteiger partial charge in [-0.3, -0.25) is 4.79 Å². The first-order chi connectivity index (χ1) is 21.9. The van der Waals surface area contributed by atoms with Crippen LogP contribution in [0, 0.1) is 0 Å². The summed E-state index contributed by atoms with van der Waals surface area (Å²) in [5.41, 5.74) is -0.382. The summed E-state index contributed by atoms with van der Waals surface area (Å²) in [6.45, 7) is -1.28. The summed E-state index contributed by atoms with van der Waals surface area (Å²) >= 11 is 0. The fraction of sp³-hybridized carbons (Fsp3) is 0.483. The number of rotatable bonds is 9. The zero-order valence-electron chi connectivity index (χ0n) is 24.4. The molecule has 0 radical (unpaired) electrons. The quantitative estimate of drug-likeness (QED) is 0.119. The van der Waals surface area contributed by atoms with Gasteiger partial charge >= 0.3 is 0 Å². The van der Waals surface area contributed by atoms with Crippen molar-refractivity contribution in [1.82, 2.24) is 0 Å². The van der Waals surface area contributed by atoms with Gasteiger partial charge in [-0.1, -0.05) is 6.07 Å². The molecule has 3 aromatic rings. The Kier molecular flexibility index (Phi) is 9.89. The largest absolute Gasteiger partial charge is 0.504 e. The molecule has 17 nitrogen and oxygen atoms in total. The standard InChI is InChI=1S/C29H34O17/c1-40-15-6-14-18(27(41-2)22(15)35)19(32)11(8-42-14)10-3-4-13(12(31)5-10)44-29-26(39)24(37)21(34)17(46-29)9-43-28-25(38)23(36)20(33)16(7-30)45-28/h3-6,8,16-17,20-21,23-26,28-31,33-39H,7,9H2,1-2H3/t16-,17-,20+,21+,23+,24+,25+,26-,28+,29+/m0/s1. The Morgan fingerprint density at radius 2 is 1.43 bits per heavy atom. The predicted molar refractivity (Wildman–Crippen MR) is 151 cm³/mol. The van der Waals surface area contributed by atoms with E-state index in [0.29, 0.717) is 0 Å². The normalized spacial score (nSPS) is 31.5. The van der Waals surface area contributed by atoms with Gasteiger partial charge in [0.1, 0.15) is 66.1 Å². The van der Waals surface area contributed by atoms with Gasteiger partial charge < -0.3 is 78.8 Å². The molecule has 0 spiro atoms. The van der Waals surface area contributed by atoms with Crippen LogP contribution >= 0.6 is 0 Å². The van der Waals surface area contributed by atoms with Crippen LogP contribution < -0.4 is 19.6 Å². The third kappa shape index (κ3) is 6.05. The third-order valence-corrected chi connectivity index (χ3v) is 7.84. The molecule has 1 aromatic heterocycles.